The molecule has 42 valence electrons. The summed E-state index contributed by atoms with van der Waals surface area (Å²) in [6.07, 6.45) is 4.34. The highest BCUT2D eigenvalue weighted by Gasteiger charge is 1.83. The smallest absolute Gasteiger partial charge is 0.109 e. The van der Waals surface area contributed by atoms with Crippen LogP contribution in [-0.2, 0) is 0 Å². The highest BCUT2D eigenvalue weighted by Crippen LogP contribution is 1.97. The van der Waals surface area contributed by atoms with Crippen LogP contribution < -0.4 is 0 Å². The van der Waals surface area contributed by atoms with Gasteiger partial charge in [-0.25, -0.2) is 0 Å². The molecule has 0 aromatic heterocycles. The molecule has 0 aliphatic rings. The van der Waals surface area contributed by atoms with Crippen molar-refractivity contribution in [2.24, 2.45) is 0 Å². The topological polar surface area (TPSA) is 0 Å². The van der Waals surface area contributed by atoms with Gasteiger partial charge in [0, 0.05) is 0 Å². The Kier molecular flexibility index (Phi) is 7.03. The van der Waals surface area contributed by atoms with Gasteiger partial charge in [0.25, 0.3) is 0 Å². The first-order valence-corrected chi connectivity index (χ1v) is 5.83. The summed E-state index contributed by atoms with van der Waals surface area (Å²) in [7, 11) is 0. The maximum absolute atomic E-state index is 2.38. The molecule has 0 bridgehead atoms. The van der Waals surface area contributed by atoms with E-state index in [0.29, 0.717) is 15.2 Å². The van der Waals surface area contributed by atoms with Crippen LogP contribution >= 0.6 is 0 Å². The number of hydrogen-bond acceptors (Lipinski definition) is 0. The van der Waals surface area contributed by atoms with Gasteiger partial charge in [-0.2, -0.15) is 0 Å². The molecule has 0 atom stereocenters. The predicted molar refractivity (Wildman–Crippen MR) is 37.3 cm³/mol. The van der Waals surface area contributed by atoms with Crippen molar-refractivity contribution in [1.82, 2.24) is 0 Å². The zero-order valence-electron chi connectivity index (χ0n) is 5.54. The summed E-state index contributed by atoms with van der Waals surface area (Å²) in [5.41, 5.74) is 0. The standard InChI is InChI=1S/C5H11.CH3.Al.H/c1-3-5-4-2;;;/h1,3-5H2,2H3;1H3;;. The SMILES string of the molecule is CCCC[CH2][AlH][CH3]. The van der Waals surface area contributed by atoms with Crippen LogP contribution in [0.15, 0.2) is 0 Å². The summed E-state index contributed by atoms with van der Waals surface area (Å²) in [6, 6.07) is 0. The molecule has 7 heavy (non-hydrogen) atoms. The average Bonchev–Trinajstić information content (AvgIpc) is 1.69. The minimum atomic E-state index is 0.394. The number of unbranched alkanes of at least 4 members (excludes halogenated alkanes) is 2. The van der Waals surface area contributed by atoms with E-state index < -0.39 is 0 Å². The summed E-state index contributed by atoms with van der Waals surface area (Å²) in [4.78, 5) is 0. The van der Waals surface area contributed by atoms with Gasteiger partial charge in [-0.05, 0) is 0 Å². The lowest BCUT2D eigenvalue weighted by atomic mass is 10.3. The maximum Gasteiger partial charge on any atom is 0.233 e. The molecule has 0 nitrogen and oxygen atoms in total. The Morgan fingerprint density at radius 3 is 2.43 bits per heavy atom. The summed E-state index contributed by atoms with van der Waals surface area (Å²) < 4.78 is 0. The van der Waals surface area contributed by atoms with Crippen LogP contribution in [0.2, 0.25) is 11.1 Å². The van der Waals surface area contributed by atoms with Crippen LogP contribution in [0.25, 0.3) is 0 Å². The molecule has 0 aromatic carbocycles. The van der Waals surface area contributed by atoms with Crippen molar-refractivity contribution in [2.45, 2.75) is 37.3 Å². The van der Waals surface area contributed by atoms with Gasteiger partial charge in [-0.15, -0.1) is 5.79 Å². The molecule has 0 N–H and O–H groups in total. The third-order valence-electron chi connectivity index (χ3n) is 1.21. The maximum atomic E-state index is 2.38. The molecule has 0 saturated carbocycles. The highest BCUT2D eigenvalue weighted by molar-refractivity contribution is 6.33. The molecule has 0 rings (SSSR count). The fourth-order valence-electron chi connectivity index (χ4n) is 0.677. The first kappa shape index (κ1) is 7.53. The van der Waals surface area contributed by atoms with Crippen LogP contribution in [0, 0.1) is 0 Å². The second-order valence-corrected chi connectivity index (χ2v) is 3.77. The number of rotatable bonds is 4. The van der Waals surface area contributed by atoms with E-state index in [4.69, 9.17) is 0 Å². The molecule has 0 aromatic rings. The summed E-state index contributed by atoms with van der Waals surface area (Å²) in [6.45, 7) is 2.26. The van der Waals surface area contributed by atoms with E-state index in [9.17, 15) is 0 Å². The molecule has 0 aliphatic heterocycles. The Morgan fingerprint density at radius 1 is 1.29 bits per heavy atom. The van der Waals surface area contributed by atoms with E-state index >= 15 is 0 Å². The van der Waals surface area contributed by atoms with E-state index in [2.05, 4.69) is 12.7 Å². The van der Waals surface area contributed by atoms with Gasteiger partial charge in [-0.3, -0.25) is 0 Å². The van der Waals surface area contributed by atoms with Gasteiger partial charge in [0.1, 0.15) is 0 Å². The molecular weight excluding hydrogens is 99.0 g/mol. The van der Waals surface area contributed by atoms with Crippen LogP contribution in [0.4, 0.5) is 0 Å². The Bertz CT molecular complexity index is 23.4. The average molecular weight is 114 g/mol. The van der Waals surface area contributed by atoms with E-state index in [1.807, 2.05) is 0 Å². The van der Waals surface area contributed by atoms with Crippen molar-refractivity contribution >= 4 is 15.2 Å². The fourth-order valence-corrected chi connectivity index (χ4v) is 1.53. The molecule has 0 fully saturated rings. The monoisotopic (exact) mass is 114 g/mol. The molecule has 0 radical (unpaired) electrons. The molecule has 0 amide bonds. The molecule has 1 heteroatoms. The van der Waals surface area contributed by atoms with E-state index in [0.717, 1.165) is 0 Å². The third kappa shape index (κ3) is 6.53. The normalized spacial score (nSPS) is 8.86. The predicted octanol–water partition coefficient (Wildman–Crippen LogP) is 2.08. The van der Waals surface area contributed by atoms with E-state index in [1.54, 1.807) is 5.28 Å². The van der Waals surface area contributed by atoms with Crippen molar-refractivity contribution in [3.63, 3.8) is 0 Å². The van der Waals surface area contributed by atoms with Gasteiger partial charge < -0.3 is 0 Å². The van der Waals surface area contributed by atoms with Crippen LogP contribution in [-0.4, -0.2) is 15.2 Å². The second kappa shape index (κ2) is 6.53. The van der Waals surface area contributed by atoms with Gasteiger partial charge in [0.15, 0.2) is 0 Å². The minimum Gasteiger partial charge on any atom is -0.109 e. The lowest BCUT2D eigenvalue weighted by Gasteiger charge is -1.89. The largest absolute Gasteiger partial charge is 0.233 e. The summed E-state index contributed by atoms with van der Waals surface area (Å²) in [5.74, 6) is 2.38. The zero-order valence-corrected chi connectivity index (χ0v) is 6.95. The van der Waals surface area contributed by atoms with Gasteiger partial charge in [0.05, 0.1) is 0 Å². The van der Waals surface area contributed by atoms with Gasteiger partial charge >= 0.3 is 0 Å². The quantitative estimate of drug-likeness (QED) is 0.387. The van der Waals surface area contributed by atoms with Crippen molar-refractivity contribution in [3.05, 3.63) is 0 Å². The van der Waals surface area contributed by atoms with Crippen LogP contribution in [0.3, 0.4) is 0 Å². The summed E-state index contributed by atoms with van der Waals surface area (Å²) in [5, 5.41) is 1.56. The Morgan fingerprint density at radius 2 is 2.00 bits per heavy atom. The lowest BCUT2D eigenvalue weighted by molar-refractivity contribution is 0.769. The van der Waals surface area contributed by atoms with Gasteiger partial charge in [-0.1, -0.05) is 31.5 Å². The fraction of sp³-hybridized carbons (Fsp3) is 1.00. The Labute approximate surface area is 53.0 Å². The van der Waals surface area contributed by atoms with Crippen molar-refractivity contribution in [1.29, 1.82) is 0 Å². The molecular formula is C6H15Al. The van der Waals surface area contributed by atoms with E-state index in [-0.39, 0.29) is 0 Å². The van der Waals surface area contributed by atoms with Crippen LogP contribution in [0.1, 0.15) is 26.2 Å². The van der Waals surface area contributed by atoms with Crippen molar-refractivity contribution in [2.75, 3.05) is 0 Å². The molecule has 0 aliphatic carbocycles. The lowest BCUT2D eigenvalue weighted by Crippen LogP contribution is -1.79. The zero-order chi connectivity index (χ0) is 5.54. The Balaban J connectivity index is 2.45. The molecule has 0 unspecified atom stereocenters. The first-order valence-electron chi connectivity index (χ1n) is 3.41. The first-order chi connectivity index (χ1) is 3.41. The third-order valence-corrected chi connectivity index (χ3v) is 2.41. The van der Waals surface area contributed by atoms with Crippen LogP contribution in [0.5, 0.6) is 0 Å². The Hall–Kier alpha value is 0.532. The minimum absolute atomic E-state index is 0.394. The second-order valence-electron chi connectivity index (χ2n) is 2.06. The highest BCUT2D eigenvalue weighted by atomic mass is 27.1. The van der Waals surface area contributed by atoms with Crippen molar-refractivity contribution < 1.29 is 0 Å². The molecule has 0 spiro atoms. The number of hydrogen-bond donors (Lipinski definition) is 0. The molecule has 0 heterocycles. The van der Waals surface area contributed by atoms with Gasteiger partial charge in [0.2, 0.25) is 15.2 Å². The molecule has 0 saturated heterocycles. The van der Waals surface area contributed by atoms with Crippen molar-refractivity contribution in [3.8, 4) is 0 Å². The van der Waals surface area contributed by atoms with E-state index in [1.165, 1.54) is 19.3 Å². The summed E-state index contributed by atoms with van der Waals surface area (Å²) >= 11 is 0.394.